The monoisotopic (exact) mass is 383 g/mol. The standard InChI is InChI=1S/C20H25N5OS/c1-11-9-13(24-18-12(2)17(21)22-10-23-18)16(27-3)15-14(11)19(26)25-20(15)7-5-4-6-8-20/h9-10H,4-8H2,1-3H3,(H,25,26)(H3,21,22,23,24). The van der Waals surface area contributed by atoms with Crippen LogP contribution in [0.15, 0.2) is 17.3 Å². The highest BCUT2D eigenvalue weighted by Gasteiger charge is 2.46. The molecule has 1 saturated carbocycles. The van der Waals surface area contributed by atoms with E-state index in [-0.39, 0.29) is 11.4 Å². The van der Waals surface area contributed by atoms with Crippen LogP contribution in [0.2, 0.25) is 0 Å². The fourth-order valence-corrected chi connectivity index (χ4v) is 5.28. The summed E-state index contributed by atoms with van der Waals surface area (Å²) in [6.07, 6.45) is 9.06. The van der Waals surface area contributed by atoms with E-state index in [9.17, 15) is 4.79 Å². The fourth-order valence-electron chi connectivity index (χ4n) is 4.44. The van der Waals surface area contributed by atoms with Gasteiger partial charge in [-0.05, 0) is 44.6 Å². The van der Waals surface area contributed by atoms with Crippen molar-refractivity contribution in [3.05, 3.63) is 34.6 Å². The van der Waals surface area contributed by atoms with Gasteiger partial charge in [-0.2, -0.15) is 0 Å². The van der Waals surface area contributed by atoms with Crippen molar-refractivity contribution >= 4 is 35.0 Å². The molecule has 1 aromatic carbocycles. The molecule has 4 rings (SSSR count). The molecular formula is C20H25N5OS. The van der Waals surface area contributed by atoms with E-state index in [1.54, 1.807) is 11.8 Å². The van der Waals surface area contributed by atoms with Gasteiger partial charge in [-0.15, -0.1) is 11.8 Å². The lowest BCUT2D eigenvalue weighted by Gasteiger charge is -2.36. The van der Waals surface area contributed by atoms with Crippen molar-refractivity contribution in [2.75, 3.05) is 17.3 Å². The van der Waals surface area contributed by atoms with Gasteiger partial charge in [-0.3, -0.25) is 4.79 Å². The summed E-state index contributed by atoms with van der Waals surface area (Å²) in [5.74, 6) is 1.23. The summed E-state index contributed by atoms with van der Waals surface area (Å²) in [7, 11) is 0. The minimum absolute atomic E-state index is 0.0636. The van der Waals surface area contributed by atoms with Crippen LogP contribution in [0.1, 0.15) is 59.2 Å². The molecule has 2 aromatic rings. The number of rotatable bonds is 3. The van der Waals surface area contributed by atoms with Crippen LogP contribution in [0.5, 0.6) is 0 Å². The quantitative estimate of drug-likeness (QED) is 0.693. The summed E-state index contributed by atoms with van der Waals surface area (Å²) >= 11 is 1.68. The molecule has 1 aromatic heterocycles. The van der Waals surface area contributed by atoms with Gasteiger partial charge in [0, 0.05) is 21.6 Å². The second-order valence-corrected chi connectivity index (χ2v) is 8.30. The third-order valence-corrected chi connectivity index (χ3v) is 6.65. The normalized spacial score (nSPS) is 17.7. The van der Waals surface area contributed by atoms with E-state index >= 15 is 0 Å². The fraction of sp³-hybridized carbons (Fsp3) is 0.450. The first-order valence-corrected chi connectivity index (χ1v) is 10.6. The number of carbonyl (C=O) groups is 1. The summed E-state index contributed by atoms with van der Waals surface area (Å²) in [6, 6.07) is 2.05. The van der Waals surface area contributed by atoms with Gasteiger partial charge < -0.3 is 16.4 Å². The van der Waals surface area contributed by atoms with E-state index < -0.39 is 0 Å². The average Bonchev–Trinajstić information content (AvgIpc) is 2.92. The number of hydrogen-bond acceptors (Lipinski definition) is 6. The first kappa shape index (κ1) is 18.1. The molecule has 1 amide bonds. The van der Waals surface area contributed by atoms with E-state index in [4.69, 9.17) is 5.73 Å². The number of aryl methyl sites for hydroxylation is 1. The number of nitrogens with zero attached hydrogens (tertiary/aromatic N) is 2. The summed E-state index contributed by atoms with van der Waals surface area (Å²) < 4.78 is 0. The lowest BCUT2D eigenvalue weighted by atomic mass is 9.76. The highest BCUT2D eigenvalue weighted by atomic mass is 32.2. The topological polar surface area (TPSA) is 92.9 Å². The molecule has 4 N–H and O–H groups in total. The maximum atomic E-state index is 12.8. The van der Waals surface area contributed by atoms with Gasteiger partial charge in [-0.25, -0.2) is 9.97 Å². The number of carbonyl (C=O) groups excluding carboxylic acids is 1. The predicted octanol–water partition coefficient (Wildman–Crippen LogP) is 4.04. The maximum Gasteiger partial charge on any atom is 0.252 e. The molecule has 1 spiro atoms. The Hall–Kier alpha value is -2.28. The Bertz CT molecular complexity index is 921. The van der Waals surface area contributed by atoms with Crippen LogP contribution in [0, 0.1) is 13.8 Å². The summed E-state index contributed by atoms with van der Waals surface area (Å²) in [6.45, 7) is 3.92. The number of amides is 1. The molecule has 1 aliphatic carbocycles. The summed E-state index contributed by atoms with van der Waals surface area (Å²) in [5, 5.41) is 6.79. The van der Waals surface area contributed by atoms with Gasteiger partial charge in [-0.1, -0.05) is 19.3 Å². The highest BCUT2D eigenvalue weighted by molar-refractivity contribution is 7.98. The molecule has 142 valence electrons. The smallest absolute Gasteiger partial charge is 0.252 e. The number of nitrogen functional groups attached to an aromatic ring is 1. The molecule has 0 atom stereocenters. The maximum absolute atomic E-state index is 12.8. The first-order valence-electron chi connectivity index (χ1n) is 9.35. The zero-order chi connectivity index (χ0) is 19.2. The Morgan fingerprint density at radius 1 is 1.22 bits per heavy atom. The number of nitrogens with one attached hydrogen (secondary N) is 2. The Morgan fingerprint density at radius 2 is 1.96 bits per heavy atom. The van der Waals surface area contributed by atoms with Crippen molar-refractivity contribution in [1.29, 1.82) is 0 Å². The number of thioether (sulfide) groups is 1. The molecule has 7 heteroatoms. The van der Waals surface area contributed by atoms with Crippen molar-refractivity contribution < 1.29 is 4.79 Å². The van der Waals surface area contributed by atoms with Crippen LogP contribution < -0.4 is 16.4 Å². The van der Waals surface area contributed by atoms with E-state index in [1.807, 2.05) is 19.9 Å². The number of nitrogens with two attached hydrogens (primary N) is 1. The minimum atomic E-state index is -0.231. The van der Waals surface area contributed by atoms with Gasteiger partial charge in [0.25, 0.3) is 5.91 Å². The third-order valence-electron chi connectivity index (χ3n) is 5.82. The molecule has 0 bridgehead atoms. The number of hydrogen-bond donors (Lipinski definition) is 3. The van der Waals surface area contributed by atoms with Crippen LogP contribution in [0.4, 0.5) is 17.3 Å². The molecule has 1 aliphatic heterocycles. The van der Waals surface area contributed by atoms with Crippen LogP contribution >= 0.6 is 11.8 Å². The second kappa shape index (κ2) is 6.71. The van der Waals surface area contributed by atoms with Crippen LogP contribution in [-0.4, -0.2) is 22.1 Å². The minimum Gasteiger partial charge on any atom is -0.383 e. The van der Waals surface area contributed by atoms with Crippen molar-refractivity contribution in [2.24, 2.45) is 0 Å². The zero-order valence-electron chi connectivity index (χ0n) is 16.0. The molecule has 2 heterocycles. The highest BCUT2D eigenvalue weighted by Crippen LogP contribution is 2.49. The zero-order valence-corrected chi connectivity index (χ0v) is 16.8. The number of aromatic nitrogens is 2. The molecule has 0 unspecified atom stereocenters. The lowest BCUT2D eigenvalue weighted by Crippen LogP contribution is -2.41. The molecule has 0 radical (unpaired) electrons. The van der Waals surface area contributed by atoms with Crippen LogP contribution in [0.3, 0.4) is 0 Å². The predicted molar refractivity (Wildman–Crippen MR) is 110 cm³/mol. The third kappa shape index (κ3) is 2.84. The molecule has 1 fully saturated rings. The van der Waals surface area contributed by atoms with Crippen molar-refractivity contribution in [1.82, 2.24) is 15.3 Å². The van der Waals surface area contributed by atoms with E-state index in [1.165, 1.54) is 18.3 Å². The molecule has 2 aliphatic rings. The van der Waals surface area contributed by atoms with E-state index in [2.05, 4.69) is 26.9 Å². The largest absolute Gasteiger partial charge is 0.383 e. The SMILES string of the molecule is CSc1c(Nc2ncnc(N)c2C)cc(C)c2c1C1(CCCCC1)NC2=O. The number of benzene rings is 1. The number of fused-ring (bicyclic) bond motifs is 2. The van der Waals surface area contributed by atoms with Gasteiger partial charge in [0.15, 0.2) is 0 Å². The molecule has 6 nitrogen and oxygen atoms in total. The van der Waals surface area contributed by atoms with Crippen molar-refractivity contribution in [2.45, 2.75) is 56.4 Å². The van der Waals surface area contributed by atoms with Crippen LogP contribution in [-0.2, 0) is 5.54 Å². The van der Waals surface area contributed by atoms with Crippen LogP contribution in [0.25, 0.3) is 0 Å². The Morgan fingerprint density at radius 3 is 2.67 bits per heavy atom. The van der Waals surface area contributed by atoms with Gasteiger partial charge in [0.2, 0.25) is 0 Å². The Balaban J connectivity index is 1.88. The van der Waals surface area contributed by atoms with E-state index in [0.29, 0.717) is 11.6 Å². The Labute approximate surface area is 163 Å². The molecule has 0 saturated heterocycles. The van der Waals surface area contributed by atoms with Gasteiger partial charge in [0.1, 0.15) is 18.0 Å². The molecule has 27 heavy (non-hydrogen) atoms. The van der Waals surface area contributed by atoms with E-state index in [0.717, 1.165) is 53.0 Å². The van der Waals surface area contributed by atoms with Crippen molar-refractivity contribution in [3.63, 3.8) is 0 Å². The summed E-state index contributed by atoms with van der Waals surface area (Å²) in [4.78, 5) is 22.3. The molecular weight excluding hydrogens is 358 g/mol. The average molecular weight is 384 g/mol. The summed E-state index contributed by atoms with van der Waals surface area (Å²) in [5.41, 5.74) is 10.5. The number of anilines is 3. The first-order chi connectivity index (χ1) is 13.0. The lowest BCUT2D eigenvalue weighted by molar-refractivity contribution is 0.0908. The van der Waals surface area contributed by atoms with Gasteiger partial charge >= 0.3 is 0 Å². The second-order valence-electron chi connectivity index (χ2n) is 7.48. The van der Waals surface area contributed by atoms with Gasteiger partial charge in [0.05, 0.1) is 11.2 Å². The van der Waals surface area contributed by atoms with Crippen molar-refractivity contribution in [3.8, 4) is 0 Å². The Kier molecular flexibility index (Phi) is 4.50.